The Bertz CT molecular complexity index is 376. The molecule has 0 aliphatic carbocycles. The van der Waals surface area contributed by atoms with Crippen molar-refractivity contribution >= 4 is 29.1 Å². The maximum Gasteiger partial charge on any atom is 0.287 e. The number of carbonyl (C=O) groups excluding carboxylic acids is 1. The lowest BCUT2D eigenvalue weighted by Crippen LogP contribution is -2.39. The van der Waals surface area contributed by atoms with E-state index in [1.165, 1.54) is 6.07 Å². The number of aromatic amines is 1. The number of aromatic nitrogens is 1. The average molecular weight is 273 g/mol. The third-order valence-corrected chi connectivity index (χ3v) is 2.40. The van der Waals surface area contributed by atoms with Crippen LogP contribution >= 0.6 is 23.2 Å². The highest BCUT2D eigenvalue weighted by Crippen LogP contribution is 2.21. The predicted octanol–water partition coefficient (Wildman–Crippen LogP) is 1.68. The number of hydrogen-bond donors (Lipinski definition) is 3. The lowest BCUT2D eigenvalue weighted by molar-refractivity contribution is -0.0462. The molecule has 3 N–H and O–H groups in total. The van der Waals surface area contributed by atoms with Gasteiger partial charge in [-0.3, -0.25) is 4.79 Å². The van der Waals surface area contributed by atoms with Crippen LogP contribution in [0.2, 0.25) is 10.2 Å². The molecule has 16 heavy (non-hydrogen) atoms. The number of H-pyrrole nitrogens is 1. The summed E-state index contributed by atoms with van der Waals surface area (Å²) in [6, 6.07) is 1.22. The summed E-state index contributed by atoms with van der Waals surface area (Å²) in [5.74, 6) is -4.13. The molecular formula is C8H8Cl2F2N2O2. The molecule has 0 fully saturated rings. The molecule has 1 amide bonds. The summed E-state index contributed by atoms with van der Waals surface area (Å²) in [7, 11) is 0. The summed E-state index contributed by atoms with van der Waals surface area (Å²) in [4.78, 5) is 13.7. The highest BCUT2D eigenvalue weighted by atomic mass is 35.5. The summed E-state index contributed by atoms with van der Waals surface area (Å²) < 4.78 is 25.2. The van der Waals surface area contributed by atoms with E-state index in [0.29, 0.717) is 0 Å². The Morgan fingerprint density at radius 2 is 2.19 bits per heavy atom. The van der Waals surface area contributed by atoms with Crippen LogP contribution in [0, 0.1) is 0 Å². The molecule has 1 aromatic rings. The Morgan fingerprint density at radius 3 is 2.62 bits per heavy atom. The summed E-state index contributed by atoms with van der Waals surface area (Å²) in [5, 5.41) is 10.4. The number of halogens is 4. The van der Waals surface area contributed by atoms with Crippen molar-refractivity contribution in [3.63, 3.8) is 0 Å². The smallest absolute Gasteiger partial charge is 0.287 e. The van der Waals surface area contributed by atoms with Gasteiger partial charge in [0, 0.05) is 0 Å². The quantitative estimate of drug-likeness (QED) is 0.781. The third-order valence-electron chi connectivity index (χ3n) is 1.71. The Labute approximate surface area is 99.5 Å². The van der Waals surface area contributed by atoms with Gasteiger partial charge in [0.25, 0.3) is 11.8 Å². The number of alkyl halides is 2. The van der Waals surface area contributed by atoms with E-state index < -0.39 is 25.0 Å². The fourth-order valence-corrected chi connectivity index (χ4v) is 1.20. The van der Waals surface area contributed by atoms with E-state index in [2.05, 4.69) is 4.98 Å². The molecule has 0 aliphatic rings. The molecule has 1 rings (SSSR count). The maximum absolute atomic E-state index is 12.6. The van der Waals surface area contributed by atoms with Crippen LogP contribution in [0.3, 0.4) is 0 Å². The molecule has 0 aliphatic heterocycles. The maximum atomic E-state index is 12.6. The van der Waals surface area contributed by atoms with Crippen molar-refractivity contribution in [2.24, 2.45) is 0 Å². The fraction of sp³-hybridized carbons (Fsp3) is 0.375. The molecule has 0 spiro atoms. The summed E-state index contributed by atoms with van der Waals surface area (Å²) in [5.41, 5.74) is -0.0243. The summed E-state index contributed by atoms with van der Waals surface area (Å²) in [6.07, 6.45) is 0. The first-order valence-corrected chi connectivity index (χ1v) is 4.92. The Hall–Kier alpha value is -0.850. The first-order valence-electron chi connectivity index (χ1n) is 4.16. The zero-order valence-electron chi connectivity index (χ0n) is 7.86. The molecule has 0 radical (unpaired) electrons. The minimum Gasteiger partial charge on any atom is -0.390 e. The van der Waals surface area contributed by atoms with E-state index in [1.54, 1.807) is 0 Å². The van der Waals surface area contributed by atoms with Gasteiger partial charge in [0.1, 0.15) is 17.5 Å². The van der Waals surface area contributed by atoms with E-state index in [4.69, 9.17) is 28.3 Å². The predicted molar refractivity (Wildman–Crippen MR) is 55.2 cm³/mol. The summed E-state index contributed by atoms with van der Waals surface area (Å²) in [6.45, 7) is -2.30. The normalized spacial score (nSPS) is 11.6. The zero-order valence-corrected chi connectivity index (χ0v) is 9.37. The van der Waals surface area contributed by atoms with E-state index in [-0.39, 0.29) is 15.9 Å². The van der Waals surface area contributed by atoms with Gasteiger partial charge < -0.3 is 15.4 Å². The van der Waals surface area contributed by atoms with Crippen molar-refractivity contribution in [3.8, 4) is 0 Å². The standard InChI is InChI=1S/C8H8Cl2F2N2O2/c9-4-1-5(14-6(4)10)7(16)13-2-8(11,12)3-15/h1,14-15H,2-3H2,(H,13,16). The SMILES string of the molecule is O=C(NCC(F)(F)CO)c1cc(Cl)c(Cl)[nH]1. The van der Waals surface area contributed by atoms with Crippen LogP contribution in [0.25, 0.3) is 0 Å². The van der Waals surface area contributed by atoms with Gasteiger partial charge in [-0.15, -0.1) is 0 Å². The van der Waals surface area contributed by atoms with Gasteiger partial charge in [-0.25, -0.2) is 8.78 Å². The molecule has 0 bridgehead atoms. The summed E-state index contributed by atoms with van der Waals surface area (Å²) >= 11 is 11.1. The van der Waals surface area contributed by atoms with E-state index in [0.717, 1.165) is 0 Å². The topological polar surface area (TPSA) is 65.1 Å². The van der Waals surface area contributed by atoms with Crippen molar-refractivity contribution in [2.75, 3.05) is 13.2 Å². The van der Waals surface area contributed by atoms with Crippen molar-refractivity contribution in [1.29, 1.82) is 0 Å². The third kappa shape index (κ3) is 3.33. The first kappa shape index (κ1) is 13.2. The Balaban J connectivity index is 2.60. The van der Waals surface area contributed by atoms with Gasteiger partial charge in [0.2, 0.25) is 0 Å². The minimum atomic E-state index is -3.35. The van der Waals surface area contributed by atoms with Gasteiger partial charge in [0.15, 0.2) is 0 Å². The molecule has 0 aromatic carbocycles. The lowest BCUT2D eigenvalue weighted by atomic mass is 10.3. The second kappa shape index (κ2) is 4.99. The first-order chi connectivity index (χ1) is 7.35. The van der Waals surface area contributed by atoms with Crippen molar-refractivity contribution in [2.45, 2.75) is 5.92 Å². The number of amides is 1. The molecule has 0 atom stereocenters. The minimum absolute atomic E-state index is 0.0243. The molecule has 1 aromatic heterocycles. The zero-order chi connectivity index (χ0) is 12.3. The van der Waals surface area contributed by atoms with Crippen LogP contribution in [0.4, 0.5) is 8.78 Å². The molecule has 8 heteroatoms. The Kier molecular flexibility index (Phi) is 4.12. The second-order valence-corrected chi connectivity index (χ2v) is 3.83. The average Bonchev–Trinajstić information content (AvgIpc) is 2.56. The number of rotatable bonds is 4. The van der Waals surface area contributed by atoms with Gasteiger partial charge in [-0.2, -0.15) is 0 Å². The van der Waals surface area contributed by atoms with E-state index in [9.17, 15) is 13.6 Å². The molecular weight excluding hydrogens is 265 g/mol. The highest BCUT2D eigenvalue weighted by Gasteiger charge is 2.28. The van der Waals surface area contributed by atoms with Gasteiger partial charge in [-0.1, -0.05) is 23.2 Å². The number of hydrogen-bond acceptors (Lipinski definition) is 2. The van der Waals surface area contributed by atoms with Gasteiger partial charge >= 0.3 is 0 Å². The largest absolute Gasteiger partial charge is 0.390 e. The van der Waals surface area contributed by atoms with E-state index >= 15 is 0 Å². The van der Waals surface area contributed by atoms with Gasteiger partial charge in [-0.05, 0) is 6.07 Å². The van der Waals surface area contributed by atoms with Crippen LogP contribution in [0.1, 0.15) is 10.5 Å². The molecule has 90 valence electrons. The van der Waals surface area contributed by atoms with Crippen LogP contribution in [-0.2, 0) is 0 Å². The van der Waals surface area contributed by atoms with Crippen LogP contribution in [0.5, 0.6) is 0 Å². The second-order valence-electron chi connectivity index (χ2n) is 3.04. The number of carbonyl (C=O) groups is 1. The molecule has 4 nitrogen and oxygen atoms in total. The number of aliphatic hydroxyl groups excluding tert-OH is 1. The van der Waals surface area contributed by atoms with Crippen LogP contribution in [-0.4, -0.2) is 35.1 Å². The monoisotopic (exact) mass is 272 g/mol. The van der Waals surface area contributed by atoms with Crippen LogP contribution < -0.4 is 5.32 Å². The van der Waals surface area contributed by atoms with Crippen molar-refractivity contribution in [1.82, 2.24) is 10.3 Å². The number of aliphatic hydroxyl groups is 1. The fourth-order valence-electron chi connectivity index (χ4n) is 0.887. The Morgan fingerprint density at radius 1 is 1.56 bits per heavy atom. The van der Waals surface area contributed by atoms with Crippen molar-refractivity contribution < 1.29 is 18.7 Å². The van der Waals surface area contributed by atoms with Crippen molar-refractivity contribution in [3.05, 3.63) is 21.9 Å². The lowest BCUT2D eigenvalue weighted by Gasteiger charge is -2.13. The highest BCUT2D eigenvalue weighted by molar-refractivity contribution is 6.41. The van der Waals surface area contributed by atoms with E-state index in [1.807, 2.05) is 5.32 Å². The molecule has 1 heterocycles. The van der Waals surface area contributed by atoms with Crippen LogP contribution in [0.15, 0.2) is 6.07 Å². The molecule has 0 saturated heterocycles. The van der Waals surface area contributed by atoms with Gasteiger partial charge in [0.05, 0.1) is 11.6 Å². The number of nitrogens with one attached hydrogen (secondary N) is 2. The molecule has 0 saturated carbocycles. The molecule has 0 unspecified atom stereocenters.